The molecule has 0 bridgehead atoms. The molecule has 23 heavy (non-hydrogen) atoms. The summed E-state index contributed by atoms with van der Waals surface area (Å²) in [6.45, 7) is 0.361. The van der Waals surface area contributed by atoms with E-state index >= 15 is 0 Å². The van der Waals surface area contributed by atoms with Gasteiger partial charge in [0.1, 0.15) is 18.0 Å². The summed E-state index contributed by atoms with van der Waals surface area (Å²) >= 11 is 0. The summed E-state index contributed by atoms with van der Waals surface area (Å²) in [5.41, 5.74) is 2.60. The molecule has 5 nitrogen and oxygen atoms in total. The molecule has 0 amide bonds. The van der Waals surface area contributed by atoms with Gasteiger partial charge in [0, 0.05) is 6.54 Å². The molecule has 0 saturated heterocycles. The van der Waals surface area contributed by atoms with Crippen LogP contribution in [0, 0.1) is 0 Å². The number of phenols is 1. The summed E-state index contributed by atoms with van der Waals surface area (Å²) in [6, 6.07) is 13.7. The van der Waals surface area contributed by atoms with Crippen LogP contribution in [0.25, 0.3) is 0 Å². The molecule has 2 N–H and O–H groups in total. The van der Waals surface area contributed by atoms with Crippen LogP contribution in [0.15, 0.2) is 48.5 Å². The third kappa shape index (κ3) is 3.06. The first-order valence-corrected chi connectivity index (χ1v) is 7.47. The normalized spacial score (nSPS) is 19.0. The Bertz CT molecular complexity index is 701. The van der Waals surface area contributed by atoms with Crippen molar-refractivity contribution in [2.24, 2.45) is 0 Å². The zero-order chi connectivity index (χ0) is 16.4. The van der Waals surface area contributed by atoms with Crippen LogP contribution >= 0.6 is 0 Å². The zero-order valence-corrected chi connectivity index (χ0v) is 12.8. The summed E-state index contributed by atoms with van der Waals surface area (Å²) in [7, 11) is 1.35. The molecule has 0 saturated carbocycles. The molecule has 2 aromatic rings. The maximum absolute atomic E-state index is 12.2. The number of fused-ring (bicyclic) bond motifs is 1. The molecule has 1 heterocycles. The monoisotopic (exact) mass is 313 g/mol. The van der Waals surface area contributed by atoms with Crippen LogP contribution in [0.1, 0.15) is 22.9 Å². The molecule has 120 valence electrons. The quantitative estimate of drug-likeness (QED) is 0.848. The average Bonchev–Trinajstić information content (AvgIpc) is 2.60. The molecule has 0 spiro atoms. The molecule has 2 aromatic carbocycles. The number of ether oxygens (including phenoxy) is 1. The SMILES string of the molecule is COC(=O)[C@@H]1Cc2ccc(O)cc2CN1C(O)c1ccccc1. The minimum Gasteiger partial charge on any atom is -0.508 e. The van der Waals surface area contributed by atoms with Crippen LogP contribution in [0.3, 0.4) is 0 Å². The van der Waals surface area contributed by atoms with Crippen molar-refractivity contribution in [3.05, 3.63) is 65.2 Å². The molecule has 3 rings (SSSR count). The number of carbonyl (C=O) groups is 1. The van der Waals surface area contributed by atoms with Gasteiger partial charge >= 0.3 is 5.97 Å². The van der Waals surface area contributed by atoms with Gasteiger partial charge in [-0.3, -0.25) is 9.69 Å². The van der Waals surface area contributed by atoms with E-state index in [9.17, 15) is 15.0 Å². The van der Waals surface area contributed by atoms with Gasteiger partial charge in [-0.05, 0) is 35.2 Å². The van der Waals surface area contributed by atoms with Crippen molar-refractivity contribution >= 4 is 5.97 Å². The fraction of sp³-hybridized carbons (Fsp3) is 0.278. The predicted molar refractivity (Wildman–Crippen MR) is 84.6 cm³/mol. The number of benzene rings is 2. The highest BCUT2D eigenvalue weighted by Crippen LogP contribution is 2.32. The van der Waals surface area contributed by atoms with Crippen LogP contribution in [0.2, 0.25) is 0 Å². The third-order valence-electron chi connectivity index (χ3n) is 4.24. The lowest BCUT2D eigenvalue weighted by Crippen LogP contribution is -2.47. The van der Waals surface area contributed by atoms with Crippen LogP contribution in [-0.2, 0) is 22.5 Å². The van der Waals surface area contributed by atoms with E-state index in [-0.39, 0.29) is 11.7 Å². The lowest BCUT2D eigenvalue weighted by Gasteiger charge is -2.38. The number of carbonyl (C=O) groups excluding carboxylic acids is 1. The highest BCUT2D eigenvalue weighted by Gasteiger charge is 2.36. The molecule has 0 fully saturated rings. The predicted octanol–water partition coefficient (Wildman–Crippen LogP) is 1.98. The molecule has 2 atom stereocenters. The number of aromatic hydroxyl groups is 1. The number of phenolic OH excluding ortho intramolecular Hbond substituents is 1. The molecule has 1 aliphatic heterocycles. The van der Waals surface area contributed by atoms with Gasteiger partial charge in [-0.25, -0.2) is 0 Å². The molecule has 1 unspecified atom stereocenters. The van der Waals surface area contributed by atoms with Gasteiger partial charge in [-0.1, -0.05) is 36.4 Å². The second-order valence-corrected chi connectivity index (χ2v) is 5.65. The lowest BCUT2D eigenvalue weighted by molar-refractivity contribution is -0.154. The fourth-order valence-corrected chi connectivity index (χ4v) is 3.02. The van der Waals surface area contributed by atoms with E-state index in [2.05, 4.69) is 0 Å². The van der Waals surface area contributed by atoms with Gasteiger partial charge in [-0.2, -0.15) is 0 Å². The smallest absolute Gasteiger partial charge is 0.323 e. The molecule has 0 aliphatic carbocycles. The fourth-order valence-electron chi connectivity index (χ4n) is 3.02. The van der Waals surface area contributed by atoms with Crippen molar-refractivity contribution in [3.8, 4) is 5.75 Å². The Kier molecular flexibility index (Phi) is 4.32. The van der Waals surface area contributed by atoms with E-state index in [1.807, 2.05) is 36.4 Å². The molecular formula is C18H19NO4. The van der Waals surface area contributed by atoms with Crippen LogP contribution in [0.5, 0.6) is 5.75 Å². The van der Waals surface area contributed by atoms with Crippen molar-refractivity contribution in [2.45, 2.75) is 25.2 Å². The second-order valence-electron chi connectivity index (χ2n) is 5.65. The number of aliphatic hydroxyl groups is 1. The van der Waals surface area contributed by atoms with Crippen molar-refractivity contribution in [2.75, 3.05) is 7.11 Å². The van der Waals surface area contributed by atoms with E-state index in [1.54, 1.807) is 17.0 Å². The Labute approximate surface area is 134 Å². The maximum Gasteiger partial charge on any atom is 0.323 e. The highest BCUT2D eigenvalue weighted by atomic mass is 16.5. The van der Waals surface area contributed by atoms with Gasteiger partial charge in [0.15, 0.2) is 0 Å². The summed E-state index contributed by atoms with van der Waals surface area (Å²) in [5.74, 6) is -0.201. The third-order valence-corrected chi connectivity index (χ3v) is 4.24. The summed E-state index contributed by atoms with van der Waals surface area (Å²) in [6.07, 6.45) is -0.484. The number of rotatable bonds is 3. The Balaban J connectivity index is 1.96. The topological polar surface area (TPSA) is 70.0 Å². The Morgan fingerprint density at radius 1 is 1.22 bits per heavy atom. The average molecular weight is 313 g/mol. The summed E-state index contributed by atoms with van der Waals surface area (Å²) < 4.78 is 4.90. The maximum atomic E-state index is 12.2. The molecule has 0 radical (unpaired) electrons. The number of methoxy groups -OCH3 is 1. The van der Waals surface area contributed by atoms with Crippen molar-refractivity contribution < 1.29 is 19.7 Å². The second kappa shape index (κ2) is 6.40. The molecule has 1 aliphatic rings. The van der Waals surface area contributed by atoms with Gasteiger partial charge in [0.2, 0.25) is 0 Å². The first-order valence-electron chi connectivity index (χ1n) is 7.47. The van der Waals surface area contributed by atoms with Gasteiger partial charge < -0.3 is 14.9 Å². The molecular weight excluding hydrogens is 294 g/mol. The van der Waals surface area contributed by atoms with E-state index in [1.165, 1.54) is 7.11 Å². The zero-order valence-electron chi connectivity index (χ0n) is 12.8. The summed E-state index contributed by atoms with van der Waals surface area (Å²) in [4.78, 5) is 13.9. The highest BCUT2D eigenvalue weighted by molar-refractivity contribution is 5.76. The number of hydrogen-bond donors (Lipinski definition) is 2. The standard InChI is InChI=1S/C18H19NO4/c1-23-18(22)16-10-13-7-8-15(20)9-14(13)11-19(16)17(21)12-5-3-2-4-6-12/h2-9,16-17,20-21H,10-11H2,1H3/t16-,17?/m0/s1. The Hall–Kier alpha value is -2.37. The van der Waals surface area contributed by atoms with Crippen molar-refractivity contribution in [1.29, 1.82) is 0 Å². The van der Waals surface area contributed by atoms with Gasteiger partial charge in [0.05, 0.1) is 7.11 Å². The number of nitrogens with zero attached hydrogens (tertiary/aromatic N) is 1. The first-order chi connectivity index (χ1) is 11.1. The van der Waals surface area contributed by atoms with Crippen molar-refractivity contribution in [3.63, 3.8) is 0 Å². The largest absolute Gasteiger partial charge is 0.508 e. The van der Waals surface area contributed by atoms with Gasteiger partial charge in [0.25, 0.3) is 0 Å². The number of esters is 1. The number of aliphatic hydroxyl groups excluding tert-OH is 1. The van der Waals surface area contributed by atoms with Crippen LogP contribution in [-0.4, -0.2) is 34.2 Å². The van der Waals surface area contributed by atoms with Crippen LogP contribution in [0.4, 0.5) is 0 Å². The summed E-state index contributed by atoms with van der Waals surface area (Å²) in [5, 5.41) is 20.4. The Morgan fingerprint density at radius 2 is 1.96 bits per heavy atom. The Morgan fingerprint density at radius 3 is 2.65 bits per heavy atom. The minimum absolute atomic E-state index is 0.175. The molecule has 5 heteroatoms. The van der Waals surface area contributed by atoms with Crippen molar-refractivity contribution in [1.82, 2.24) is 4.90 Å². The minimum atomic E-state index is -0.921. The lowest BCUT2D eigenvalue weighted by atomic mass is 9.92. The van der Waals surface area contributed by atoms with Crippen LogP contribution < -0.4 is 0 Å². The first kappa shape index (κ1) is 15.5. The number of hydrogen-bond acceptors (Lipinski definition) is 5. The van der Waals surface area contributed by atoms with E-state index in [4.69, 9.17) is 4.74 Å². The van der Waals surface area contributed by atoms with E-state index < -0.39 is 12.3 Å². The van der Waals surface area contributed by atoms with E-state index in [0.717, 1.165) is 11.1 Å². The molecule has 0 aromatic heterocycles. The van der Waals surface area contributed by atoms with E-state index in [0.29, 0.717) is 18.5 Å². The van der Waals surface area contributed by atoms with Gasteiger partial charge in [-0.15, -0.1) is 0 Å².